The van der Waals surface area contributed by atoms with Gasteiger partial charge in [-0.1, -0.05) is 23.4 Å². The summed E-state index contributed by atoms with van der Waals surface area (Å²) in [5, 5.41) is 19.1. The normalized spacial score (nSPS) is 10.9. The lowest BCUT2D eigenvalue weighted by Gasteiger charge is -2.06. The Bertz CT molecular complexity index is 1090. The van der Waals surface area contributed by atoms with Crippen LogP contribution in [0.1, 0.15) is 5.56 Å². The Balaban J connectivity index is 1.76. The van der Waals surface area contributed by atoms with Crippen LogP contribution < -0.4 is 0 Å². The number of nitrogens with zero attached hydrogens (tertiary/aromatic N) is 6. The summed E-state index contributed by atoms with van der Waals surface area (Å²) in [5.74, 6) is -0.148. The minimum absolute atomic E-state index is 0.155. The van der Waals surface area contributed by atoms with E-state index in [-0.39, 0.29) is 23.9 Å². The van der Waals surface area contributed by atoms with Crippen molar-refractivity contribution in [1.29, 1.82) is 0 Å². The summed E-state index contributed by atoms with van der Waals surface area (Å²) in [6, 6.07) is 9.68. The Kier molecular flexibility index (Phi) is 4.13. The highest BCUT2D eigenvalue weighted by Gasteiger charge is 2.17. The molecule has 134 valence electrons. The van der Waals surface area contributed by atoms with Gasteiger partial charge in [-0.2, -0.15) is 5.10 Å². The van der Waals surface area contributed by atoms with Crippen LogP contribution in [0.5, 0.6) is 0 Å². The minimum atomic E-state index is -0.582. The zero-order valence-electron chi connectivity index (χ0n) is 13.7. The maximum absolute atomic E-state index is 14.0. The fourth-order valence-electron chi connectivity index (χ4n) is 2.53. The topological polar surface area (TPSA) is 113 Å². The second kappa shape index (κ2) is 6.75. The molecule has 0 radical (unpaired) electrons. The number of nitro groups is 1. The van der Waals surface area contributed by atoms with Crippen LogP contribution in [0.25, 0.3) is 22.9 Å². The first-order valence-corrected chi connectivity index (χ1v) is 7.80. The van der Waals surface area contributed by atoms with Gasteiger partial charge in [-0.3, -0.25) is 14.8 Å². The molecule has 0 fully saturated rings. The Hall–Kier alpha value is -3.95. The fourth-order valence-corrected chi connectivity index (χ4v) is 2.53. The summed E-state index contributed by atoms with van der Waals surface area (Å²) in [5.41, 5.74) is 1.68. The van der Waals surface area contributed by atoms with Gasteiger partial charge in [-0.15, -0.1) is 0 Å². The fraction of sp³-hybridized carbons (Fsp3) is 0.0588. The Morgan fingerprint density at radius 2 is 1.93 bits per heavy atom. The van der Waals surface area contributed by atoms with E-state index in [1.807, 2.05) is 0 Å². The van der Waals surface area contributed by atoms with Gasteiger partial charge in [0.1, 0.15) is 35.9 Å². The summed E-state index contributed by atoms with van der Waals surface area (Å²) in [6.07, 6.45) is 3.62. The van der Waals surface area contributed by atoms with Crippen molar-refractivity contribution in [2.75, 3.05) is 0 Å². The molecule has 0 spiro atoms. The molecule has 27 heavy (non-hydrogen) atoms. The monoisotopic (exact) mass is 366 g/mol. The van der Waals surface area contributed by atoms with Crippen molar-refractivity contribution in [1.82, 2.24) is 24.9 Å². The number of hydrogen-bond acceptors (Lipinski definition) is 7. The predicted octanol–water partition coefficient (Wildman–Crippen LogP) is 3.09. The second-order valence-electron chi connectivity index (χ2n) is 5.57. The molecule has 9 nitrogen and oxygen atoms in total. The van der Waals surface area contributed by atoms with Gasteiger partial charge in [0, 0.05) is 11.6 Å². The third-order valence-corrected chi connectivity index (χ3v) is 3.84. The highest BCUT2D eigenvalue weighted by atomic mass is 19.1. The van der Waals surface area contributed by atoms with Crippen LogP contribution in [0.3, 0.4) is 0 Å². The smallest absolute Gasteiger partial charge is 0.305 e. The first kappa shape index (κ1) is 16.5. The number of halogens is 1. The number of benzene rings is 1. The molecule has 0 aliphatic carbocycles. The van der Waals surface area contributed by atoms with Crippen LogP contribution >= 0.6 is 0 Å². The van der Waals surface area contributed by atoms with E-state index in [1.54, 1.807) is 35.0 Å². The first-order valence-electron chi connectivity index (χ1n) is 7.80. The maximum atomic E-state index is 14.0. The van der Waals surface area contributed by atoms with Gasteiger partial charge in [0.05, 0.1) is 17.2 Å². The number of aromatic nitrogens is 5. The van der Waals surface area contributed by atoms with Crippen molar-refractivity contribution in [3.8, 4) is 22.9 Å². The molecule has 10 heteroatoms. The van der Waals surface area contributed by atoms with E-state index < -0.39 is 4.92 Å². The van der Waals surface area contributed by atoms with E-state index in [0.29, 0.717) is 22.6 Å². The minimum Gasteiger partial charge on any atom is -0.364 e. The van der Waals surface area contributed by atoms with Gasteiger partial charge in [-0.25, -0.2) is 14.4 Å². The summed E-state index contributed by atoms with van der Waals surface area (Å²) >= 11 is 0. The molecule has 0 atom stereocenters. The Morgan fingerprint density at radius 3 is 2.59 bits per heavy atom. The van der Waals surface area contributed by atoms with Gasteiger partial charge in [0.2, 0.25) is 0 Å². The molecule has 4 aromatic rings. The number of rotatable bonds is 5. The zero-order chi connectivity index (χ0) is 18.8. The summed E-state index contributed by atoms with van der Waals surface area (Å²) in [6.45, 7) is 0.155. The molecule has 0 N–H and O–H groups in total. The van der Waals surface area contributed by atoms with Gasteiger partial charge in [-0.05, 0) is 12.1 Å². The molecule has 0 amide bonds. The predicted molar refractivity (Wildman–Crippen MR) is 90.9 cm³/mol. The van der Waals surface area contributed by atoms with Gasteiger partial charge < -0.3 is 4.52 Å². The summed E-state index contributed by atoms with van der Waals surface area (Å²) in [7, 11) is 0. The lowest BCUT2D eigenvalue weighted by Crippen LogP contribution is -2.06. The van der Waals surface area contributed by atoms with Crippen LogP contribution in [0.2, 0.25) is 0 Å². The van der Waals surface area contributed by atoms with Crippen molar-refractivity contribution in [2.45, 2.75) is 6.54 Å². The molecule has 0 saturated heterocycles. The third-order valence-electron chi connectivity index (χ3n) is 3.84. The maximum Gasteiger partial charge on any atom is 0.305 e. The highest BCUT2D eigenvalue weighted by Crippen LogP contribution is 2.25. The average Bonchev–Trinajstić information content (AvgIpc) is 3.33. The molecule has 3 heterocycles. The molecular weight excluding hydrogens is 355 g/mol. The lowest BCUT2D eigenvalue weighted by atomic mass is 10.2. The lowest BCUT2D eigenvalue weighted by molar-refractivity contribution is -0.385. The van der Waals surface area contributed by atoms with Gasteiger partial charge in [0.15, 0.2) is 5.82 Å². The molecule has 0 unspecified atom stereocenters. The molecule has 4 rings (SSSR count). The standard InChI is InChI=1S/C17H11FN6O3/c18-13-4-2-1-3-11(13)10-23-16(14-5-6-27-22-14)7-15(21-23)17-19-8-12(9-20-17)24(25)26/h1-9H,10H2. The highest BCUT2D eigenvalue weighted by molar-refractivity contribution is 5.62. The van der Waals surface area contributed by atoms with E-state index in [4.69, 9.17) is 4.52 Å². The van der Waals surface area contributed by atoms with Gasteiger partial charge >= 0.3 is 5.69 Å². The summed E-state index contributed by atoms with van der Waals surface area (Å²) in [4.78, 5) is 18.1. The van der Waals surface area contributed by atoms with Crippen LogP contribution in [0.4, 0.5) is 10.1 Å². The van der Waals surface area contributed by atoms with E-state index in [9.17, 15) is 14.5 Å². The van der Waals surface area contributed by atoms with Crippen LogP contribution in [-0.2, 0) is 6.54 Å². The van der Waals surface area contributed by atoms with Crippen molar-refractivity contribution < 1.29 is 13.8 Å². The molecule has 0 saturated carbocycles. The van der Waals surface area contributed by atoms with E-state index in [2.05, 4.69) is 20.2 Å². The zero-order valence-corrected chi connectivity index (χ0v) is 13.7. The van der Waals surface area contributed by atoms with E-state index >= 15 is 0 Å². The molecule has 3 aromatic heterocycles. The van der Waals surface area contributed by atoms with Crippen molar-refractivity contribution in [3.05, 3.63) is 76.6 Å². The first-order chi connectivity index (χ1) is 13.1. The van der Waals surface area contributed by atoms with Crippen molar-refractivity contribution in [2.24, 2.45) is 0 Å². The molecule has 0 aliphatic heterocycles. The Labute approximate surface area is 151 Å². The van der Waals surface area contributed by atoms with Crippen molar-refractivity contribution >= 4 is 5.69 Å². The SMILES string of the molecule is O=[N+]([O-])c1cnc(-c2cc(-c3ccon3)n(Cc3ccccc3F)n2)nc1. The van der Waals surface area contributed by atoms with Crippen LogP contribution in [0, 0.1) is 15.9 Å². The third kappa shape index (κ3) is 3.27. The Morgan fingerprint density at radius 1 is 1.15 bits per heavy atom. The molecule has 0 aliphatic rings. The largest absolute Gasteiger partial charge is 0.364 e. The second-order valence-corrected chi connectivity index (χ2v) is 5.57. The van der Waals surface area contributed by atoms with Crippen LogP contribution in [0.15, 0.2) is 59.6 Å². The molecule has 0 bridgehead atoms. The molecule has 1 aromatic carbocycles. The quantitative estimate of drug-likeness (QED) is 0.394. The van der Waals surface area contributed by atoms with E-state index in [1.165, 1.54) is 12.3 Å². The summed E-state index contributed by atoms with van der Waals surface area (Å²) < 4.78 is 20.5. The van der Waals surface area contributed by atoms with Crippen LogP contribution in [-0.4, -0.2) is 29.8 Å². The van der Waals surface area contributed by atoms with E-state index in [0.717, 1.165) is 12.4 Å². The van der Waals surface area contributed by atoms with Crippen molar-refractivity contribution in [3.63, 3.8) is 0 Å². The number of hydrogen-bond donors (Lipinski definition) is 0. The van der Waals surface area contributed by atoms with Gasteiger partial charge in [0.25, 0.3) is 0 Å². The average molecular weight is 366 g/mol. The molecular formula is C17H11FN6O3.